The first-order valence-electron chi connectivity index (χ1n) is 10.8. The van der Waals surface area contributed by atoms with E-state index in [0.717, 1.165) is 49.9 Å². The summed E-state index contributed by atoms with van der Waals surface area (Å²) in [5, 5.41) is 11.0. The molecule has 0 radical (unpaired) electrons. The fourth-order valence-electron chi connectivity index (χ4n) is 4.10. The molecule has 0 saturated heterocycles. The van der Waals surface area contributed by atoms with Crippen molar-refractivity contribution in [3.8, 4) is 0 Å². The number of rotatable bonds is 12. The lowest BCUT2D eigenvalue weighted by Crippen LogP contribution is -2.38. The van der Waals surface area contributed by atoms with E-state index >= 15 is 0 Å². The molecule has 0 bridgehead atoms. The van der Waals surface area contributed by atoms with Crippen molar-refractivity contribution < 1.29 is 19.4 Å². The maximum atomic E-state index is 13.3. The van der Waals surface area contributed by atoms with Gasteiger partial charge in [-0.25, -0.2) is 0 Å². The Balaban J connectivity index is 2.84. The highest BCUT2D eigenvalue weighted by Crippen LogP contribution is 2.52. The Bertz CT molecular complexity index is 549. The van der Waals surface area contributed by atoms with Crippen molar-refractivity contribution in [2.75, 3.05) is 7.11 Å². The molecule has 0 aromatic carbocycles. The summed E-state index contributed by atoms with van der Waals surface area (Å²) < 4.78 is 4.63. The van der Waals surface area contributed by atoms with E-state index in [1.54, 1.807) is 11.8 Å². The minimum atomic E-state index is -0.628. The lowest BCUT2D eigenvalue weighted by Gasteiger charge is -2.35. The summed E-state index contributed by atoms with van der Waals surface area (Å²) in [6, 6.07) is 0. The molecule has 162 valence electrons. The van der Waals surface area contributed by atoms with Gasteiger partial charge in [0.05, 0.1) is 19.1 Å². The predicted octanol–water partition coefficient (Wildman–Crippen LogP) is 5.67. The number of hydrogen-bond donors (Lipinski definition) is 1. The van der Waals surface area contributed by atoms with Crippen LogP contribution in [0.1, 0.15) is 92.4 Å². The van der Waals surface area contributed by atoms with Gasteiger partial charge in [-0.3, -0.25) is 9.59 Å². The first-order chi connectivity index (χ1) is 13.1. The number of hydrogen-bond acceptors (Lipinski definition) is 5. The Morgan fingerprint density at radius 1 is 1.25 bits per heavy atom. The van der Waals surface area contributed by atoms with E-state index in [0.29, 0.717) is 12.8 Å². The quantitative estimate of drug-likeness (QED) is 0.330. The molecule has 0 spiro atoms. The Morgan fingerprint density at radius 2 is 1.93 bits per heavy atom. The van der Waals surface area contributed by atoms with Crippen molar-refractivity contribution >= 4 is 23.5 Å². The van der Waals surface area contributed by atoms with Crippen LogP contribution in [0.4, 0.5) is 0 Å². The maximum Gasteiger partial charge on any atom is 0.305 e. The molecule has 0 heterocycles. The zero-order chi connectivity index (χ0) is 21.4. The molecule has 1 rings (SSSR count). The van der Waals surface area contributed by atoms with E-state index in [1.807, 2.05) is 0 Å². The molecule has 0 aromatic heterocycles. The van der Waals surface area contributed by atoms with Crippen LogP contribution in [0.5, 0.6) is 0 Å². The maximum absolute atomic E-state index is 13.3. The molecule has 0 saturated carbocycles. The van der Waals surface area contributed by atoms with Gasteiger partial charge in [-0.15, -0.1) is 11.8 Å². The summed E-state index contributed by atoms with van der Waals surface area (Å²) in [5.74, 6) is -0.404. The molecule has 0 fully saturated rings. The minimum absolute atomic E-state index is 0.0283. The summed E-state index contributed by atoms with van der Waals surface area (Å²) in [4.78, 5) is 25.3. The van der Waals surface area contributed by atoms with E-state index in [4.69, 9.17) is 0 Å². The van der Waals surface area contributed by atoms with Crippen molar-refractivity contribution in [3.05, 3.63) is 11.0 Å². The molecule has 4 nitrogen and oxygen atoms in total. The number of aliphatic hydroxyl groups excluding tert-OH is 1. The molecule has 5 heteroatoms. The van der Waals surface area contributed by atoms with Gasteiger partial charge in [-0.1, -0.05) is 66.4 Å². The Kier molecular flexibility index (Phi) is 10.3. The van der Waals surface area contributed by atoms with Crippen molar-refractivity contribution in [2.45, 2.75) is 103 Å². The van der Waals surface area contributed by atoms with E-state index in [9.17, 15) is 14.7 Å². The third-order valence-electron chi connectivity index (χ3n) is 5.63. The van der Waals surface area contributed by atoms with Crippen LogP contribution < -0.4 is 0 Å². The largest absolute Gasteiger partial charge is 0.469 e. The fraction of sp³-hybridized carbons (Fsp3) is 0.826. The van der Waals surface area contributed by atoms with Crippen LogP contribution in [0.2, 0.25) is 0 Å². The van der Waals surface area contributed by atoms with Gasteiger partial charge in [0.1, 0.15) is 0 Å². The van der Waals surface area contributed by atoms with E-state index < -0.39 is 6.10 Å². The first-order valence-corrected chi connectivity index (χ1v) is 11.6. The molecule has 1 N–H and O–H groups in total. The van der Waals surface area contributed by atoms with Crippen LogP contribution >= 0.6 is 11.8 Å². The lowest BCUT2D eigenvalue weighted by atomic mass is 9.69. The number of ketones is 1. The van der Waals surface area contributed by atoms with Crippen LogP contribution in [0, 0.1) is 11.3 Å². The highest BCUT2D eigenvalue weighted by atomic mass is 32.2. The number of carbonyl (C=O) groups is 2. The van der Waals surface area contributed by atoms with Crippen LogP contribution in [-0.2, 0) is 14.3 Å². The summed E-state index contributed by atoms with van der Waals surface area (Å²) in [5.41, 5.74) is -0.230. The first kappa shape index (κ1) is 25.2. The SMILES string of the molecule is CCCCC1(CC)C=C(SC(C)(C)C)C(=O)C1C(O)CCCCCC(=O)OC. The van der Waals surface area contributed by atoms with Crippen LogP contribution in [0.3, 0.4) is 0 Å². The molecule has 28 heavy (non-hydrogen) atoms. The van der Waals surface area contributed by atoms with Gasteiger partial charge in [0, 0.05) is 21.5 Å². The Labute approximate surface area is 175 Å². The predicted molar refractivity (Wildman–Crippen MR) is 117 cm³/mol. The average molecular weight is 413 g/mol. The van der Waals surface area contributed by atoms with Crippen LogP contribution in [0.15, 0.2) is 11.0 Å². The van der Waals surface area contributed by atoms with Crippen LogP contribution in [-0.4, -0.2) is 34.8 Å². The number of Topliss-reactive ketones (excluding diaryl/α,β-unsaturated/α-hetero) is 1. The Hall–Kier alpha value is -0.810. The molecular weight excluding hydrogens is 372 g/mol. The van der Waals surface area contributed by atoms with Gasteiger partial charge in [0.2, 0.25) is 0 Å². The monoisotopic (exact) mass is 412 g/mol. The highest BCUT2D eigenvalue weighted by molar-refractivity contribution is 8.05. The van der Waals surface area contributed by atoms with Gasteiger partial charge in [-0.05, 0) is 25.7 Å². The fourth-order valence-corrected chi connectivity index (χ4v) is 5.29. The van der Waals surface area contributed by atoms with Gasteiger partial charge < -0.3 is 9.84 Å². The number of aliphatic hydroxyl groups is 1. The second-order valence-corrected chi connectivity index (χ2v) is 10.9. The van der Waals surface area contributed by atoms with E-state index in [2.05, 4.69) is 45.4 Å². The number of esters is 1. The van der Waals surface area contributed by atoms with Gasteiger partial charge >= 0.3 is 5.97 Å². The second kappa shape index (κ2) is 11.4. The summed E-state index contributed by atoms with van der Waals surface area (Å²) in [6.07, 6.45) is 8.98. The number of unbranched alkanes of at least 4 members (excludes halogenated alkanes) is 3. The van der Waals surface area contributed by atoms with Crippen molar-refractivity contribution in [1.29, 1.82) is 0 Å². The molecule has 3 atom stereocenters. The van der Waals surface area contributed by atoms with E-state index in [1.165, 1.54) is 7.11 Å². The topological polar surface area (TPSA) is 63.6 Å². The van der Waals surface area contributed by atoms with E-state index in [-0.39, 0.29) is 27.8 Å². The third kappa shape index (κ3) is 7.22. The average Bonchev–Trinajstić information content (AvgIpc) is 2.89. The van der Waals surface area contributed by atoms with Gasteiger partial charge in [0.15, 0.2) is 5.78 Å². The third-order valence-corrected chi connectivity index (χ3v) is 6.78. The van der Waals surface area contributed by atoms with Crippen molar-refractivity contribution in [2.24, 2.45) is 11.3 Å². The number of allylic oxidation sites excluding steroid dienone is 2. The number of methoxy groups -OCH3 is 1. The summed E-state index contributed by atoms with van der Waals surface area (Å²) in [7, 11) is 1.40. The van der Waals surface area contributed by atoms with Crippen molar-refractivity contribution in [1.82, 2.24) is 0 Å². The molecule has 1 aliphatic carbocycles. The van der Waals surface area contributed by atoms with Crippen molar-refractivity contribution in [3.63, 3.8) is 0 Å². The minimum Gasteiger partial charge on any atom is -0.469 e. The smallest absolute Gasteiger partial charge is 0.305 e. The molecule has 0 aromatic rings. The lowest BCUT2D eigenvalue weighted by molar-refractivity contribution is -0.140. The highest BCUT2D eigenvalue weighted by Gasteiger charge is 2.50. The molecular formula is C23H40O4S. The molecule has 3 unspecified atom stereocenters. The second-order valence-electron chi connectivity index (χ2n) is 9.00. The zero-order valence-electron chi connectivity index (χ0n) is 18.7. The number of carbonyl (C=O) groups excluding carboxylic acids is 2. The van der Waals surface area contributed by atoms with Crippen LogP contribution in [0.25, 0.3) is 0 Å². The van der Waals surface area contributed by atoms with Gasteiger partial charge in [0.25, 0.3) is 0 Å². The number of thioether (sulfide) groups is 1. The normalized spacial score (nSPS) is 23.6. The Morgan fingerprint density at radius 3 is 2.46 bits per heavy atom. The molecule has 1 aliphatic rings. The number of ether oxygens (including phenoxy) is 1. The summed E-state index contributed by atoms with van der Waals surface area (Å²) in [6.45, 7) is 10.7. The summed E-state index contributed by atoms with van der Waals surface area (Å²) >= 11 is 1.63. The van der Waals surface area contributed by atoms with Gasteiger partial charge in [-0.2, -0.15) is 0 Å². The zero-order valence-corrected chi connectivity index (χ0v) is 19.5. The molecule has 0 aliphatic heterocycles. The standard InChI is InChI=1S/C23H40O4S/c1-7-9-15-23(8-2)16-18(28-22(3,4)5)21(26)20(23)17(24)13-11-10-12-14-19(25)27-6/h16-17,20,24H,7-15H2,1-6H3. The molecule has 0 amide bonds.